The molecule has 1 unspecified atom stereocenters. The Balaban J connectivity index is 3.92. The largest absolute Gasteiger partial charge is 0.477 e. The first kappa shape index (κ1) is 10.2. The molecule has 0 aromatic rings. The summed E-state index contributed by atoms with van der Waals surface area (Å²) in [4.78, 5) is 10.1. The van der Waals surface area contributed by atoms with Crippen LogP contribution >= 0.6 is 7.80 Å². The number of aliphatic hydroxyl groups excluding tert-OH is 1. The van der Waals surface area contributed by atoms with Crippen LogP contribution in [-0.4, -0.2) is 28.7 Å². The van der Waals surface area contributed by atoms with E-state index in [2.05, 4.69) is 0 Å². The summed E-state index contributed by atoms with van der Waals surface area (Å²) in [6.07, 6.45) is 0.771. The van der Waals surface area contributed by atoms with Crippen molar-refractivity contribution in [2.24, 2.45) is 5.73 Å². The minimum Gasteiger partial charge on any atom is -0.477 e. The van der Waals surface area contributed by atoms with Gasteiger partial charge in [0.15, 0.2) is 0 Å². The number of nitrogens with two attached hydrogens (primary N) is 1. The summed E-state index contributed by atoms with van der Waals surface area (Å²) in [5, 5.41) is 16.5. The summed E-state index contributed by atoms with van der Waals surface area (Å²) in [7, 11) is -2.07. The number of carbonyl (C=O) groups is 1. The summed E-state index contributed by atoms with van der Waals surface area (Å²) < 4.78 is 10.6. The molecule has 0 fully saturated rings. The van der Waals surface area contributed by atoms with Gasteiger partial charge in [-0.15, -0.1) is 0 Å². The Morgan fingerprint density at radius 2 is 2.18 bits per heavy atom. The highest BCUT2D eigenvalue weighted by Gasteiger charge is 2.00. The SMILES string of the molecule is NC(=CC[PH](=O)CO)C(=O)O. The van der Waals surface area contributed by atoms with Crippen molar-refractivity contribution in [2.45, 2.75) is 0 Å². The van der Waals surface area contributed by atoms with E-state index in [1.807, 2.05) is 0 Å². The molecule has 0 saturated carbocycles. The number of carboxylic acid groups (broad SMARTS) is 1. The molecule has 0 aliphatic heterocycles. The lowest BCUT2D eigenvalue weighted by molar-refractivity contribution is -0.132. The average molecular weight is 179 g/mol. The molecule has 0 rings (SSSR count). The summed E-state index contributed by atoms with van der Waals surface area (Å²) in [5.74, 6) is -1.24. The molecule has 0 aromatic heterocycles. The first-order valence-electron chi connectivity index (χ1n) is 2.89. The van der Waals surface area contributed by atoms with Crippen molar-refractivity contribution in [1.82, 2.24) is 0 Å². The van der Waals surface area contributed by atoms with Crippen molar-refractivity contribution >= 4 is 13.8 Å². The van der Waals surface area contributed by atoms with Gasteiger partial charge in [0.05, 0.1) is 6.35 Å². The summed E-state index contributed by atoms with van der Waals surface area (Å²) in [6.45, 7) is 0. The van der Waals surface area contributed by atoms with Gasteiger partial charge in [-0.2, -0.15) is 0 Å². The molecule has 5 nitrogen and oxygen atoms in total. The van der Waals surface area contributed by atoms with Crippen LogP contribution in [0.2, 0.25) is 0 Å². The fraction of sp³-hybridized carbons (Fsp3) is 0.400. The van der Waals surface area contributed by atoms with Crippen molar-refractivity contribution in [3.05, 3.63) is 11.8 Å². The van der Waals surface area contributed by atoms with Crippen LogP contribution in [0.5, 0.6) is 0 Å². The maximum Gasteiger partial charge on any atom is 0.351 e. The van der Waals surface area contributed by atoms with Gasteiger partial charge in [-0.25, -0.2) is 4.79 Å². The van der Waals surface area contributed by atoms with Gasteiger partial charge in [-0.05, 0) is 6.08 Å². The lowest BCUT2D eigenvalue weighted by atomic mass is 10.4. The second kappa shape index (κ2) is 4.93. The van der Waals surface area contributed by atoms with Crippen molar-refractivity contribution in [1.29, 1.82) is 0 Å². The molecule has 0 saturated heterocycles. The molecule has 0 aromatic carbocycles. The Labute approximate surface area is 64.3 Å². The van der Waals surface area contributed by atoms with Crippen LogP contribution in [0.15, 0.2) is 11.8 Å². The predicted molar refractivity (Wildman–Crippen MR) is 40.9 cm³/mol. The highest BCUT2D eigenvalue weighted by atomic mass is 31.1. The van der Waals surface area contributed by atoms with Crippen LogP contribution < -0.4 is 5.73 Å². The standard InChI is InChI=1S/C5H10NO4P/c6-4(5(8)9)1-2-11(10)3-7/h1,7,11H,2-3,6H2,(H,8,9). The zero-order valence-electron chi connectivity index (χ0n) is 5.78. The maximum absolute atomic E-state index is 10.6. The smallest absolute Gasteiger partial charge is 0.351 e. The lowest BCUT2D eigenvalue weighted by Gasteiger charge is -1.93. The first-order chi connectivity index (χ1) is 5.07. The number of hydrogen-bond donors (Lipinski definition) is 3. The highest BCUT2D eigenvalue weighted by molar-refractivity contribution is 7.44. The van der Waals surface area contributed by atoms with E-state index < -0.39 is 20.1 Å². The molecule has 1 atom stereocenters. The van der Waals surface area contributed by atoms with E-state index in [9.17, 15) is 9.36 Å². The second-order valence-corrected chi connectivity index (χ2v) is 3.67. The molecule has 6 heteroatoms. The molecule has 11 heavy (non-hydrogen) atoms. The topological polar surface area (TPSA) is 101 Å². The van der Waals surface area contributed by atoms with E-state index in [1.165, 1.54) is 0 Å². The number of hydrogen-bond acceptors (Lipinski definition) is 4. The van der Waals surface area contributed by atoms with Gasteiger partial charge in [0.2, 0.25) is 0 Å². The fourth-order valence-electron chi connectivity index (χ4n) is 0.376. The van der Waals surface area contributed by atoms with Crippen LogP contribution in [-0.2, 0) is 9.36 Å². The zero-order valence-corrected chi connectivity index (χ0v) is 6.78. The third kappa shape index (κ3) is 4.58. The predicted octanol–water partition coefficient (Wildman–Crippen LogP) is -0.577. The Hall–Kier alpha value is -0.800. The van der Waals surface area contributed by atoms with E-state index in [0.29, 0.717) is 0 Å². The molecule has 64 valence electrons. The maximum atomic E-state index is 10.6. The van der Waals surface area contributed by atoms with Gasteiger partial charge in [0.1, 0.15) is 13.5 Å². The monoisotopic (exact) mass is 179 g/mol. The van der Waals surface area contributed by atoms with E-state index in [1.54, 1.807) is 0 Å². The Morgan fingerprint density at radius 3 is 2.55 bits per heavy atom. The Morgan fingerprint density at radius 1 is 1.64 bits per heavy atom. The van der Waals surface area contributed by atoms with Gasteiger partial charge in [-0.3, -0.25) is 0 Å². The van der Waals surface area contributed by atoms with Crippen LogP contribution in [0.25, 0.3) is 0 Å². The van der Waals surface area contributed by atoms with E-state index in [4.69, 9.17) is 15.9 Å². The summed E-state index contributed by atoms with van der Waals surface area (Å²) in [6, 6.07) is 0. The van der Waals surface area contributed by atoms with Crippen molar-refractivity contribution in [3.63, 3.8) is 0 Å². The lowest BCUT2D eigenvalue weighted by Crippen LogP contribution is -2.09. The van der Waals surface area contributed by atoms with Gasteiger partial charge < -0.3 is 20.5 Å². The van der Waals surface area contributed by atoms with E-state index in [-0.39, 0.29) is 11.9 Å². The van der Waals surface area contributed by atoms with Crippen LogP contribution in [0.4, 0.5) is 0 Å². The minimum absolute atomic E-state index is 0.0410. The molecular weight excluding hydrogens is 169 g/mol. The van der Waals surface area contributed by atoms with E-state index in [0.717, 1.165) is 6.08 Å². The molecule has 4 N–H and O–H groups in total. The fourth-order valence-corrected chi connectivity index (χ4v) is 0.952. The number of aliphatic hydroxyl groups is 1. The number of carboxylic acids is 1. The van der Waals surface area contributed by atoms with Crippen LogP contribution in [0.3, 0.4) is 0 Å². The molecule has 0 aliphatic carbocycles. The van der Waals surface area contributed by atoms with Gasteiger partial charge in [0, 0.05) is 6.16 Å². The summed E-state index contributed by atoms with van der Waals surface area (Å²) >= 11 is 0. The minimum atomic E-state index is -2.07. The van der Waals surface area contributed by atoms with Gasteiger partial charge in [0.25, 0.3) is 0 Å². The molecule has 0 aliphatic rings. The normalized spacial score (nSPS) is 14.5. The quantitative estimate of drug-likeness (QED) is 0.396. The van der Waals surface area contributed by atoms with E-state index >= 15 is 0 Å². The molecule has 0 spiro atoms. The summed E-state index contributed by atoms with van der Waals surface area (Å²) in [5.41, 5.74) is 4.64. The van der Waals surface area contributed by atoms with Crippen molar-refractivity contribution in [3.8, 4) is 0 Å². The number of aliphatic carboxylic acids is 1. The molecule has 0 amide bonds. The molecule has 0 bridgehead atoms. The second-order valence-electron chi connectivity index (χ2n) is 1.87. The molecule has 0 heterocycles. The third-order valence-electron chi connectivity index (χ3n) is 0.973. The van der Waals surface area contributed by atoms with Gasteiger partial charge >= 0.3 is 5.97 Å². The molecular formula is C5H10NO4P. The number of allylic oxidation sites excluding steroid dienone is 1. The number of rotatable bonds is 4. The Bertz CT molecular complexity index is 201. The van der Waals surface area contributed by atoms with Crippen LogP contribution in [0, 0.1) is 0 Å². The third-order valence-corrected chi connectivity index (χ3v) is 1.99. The highest BCUT2D eigenvalue weighted by Crippen LogP contribution is 2.17. The Kier molecular flexibility index (Phi) is 4.57. The van der Waals surface area contributed by atoms with Crippen LogP contribution in [0.1, 0.15) is 0 Å². The van der Waals surface area contributed by atoms with Crippen molar-refractivity contribution < 1.29 is 19.6 Å². The first-order valence-corrected chi connectivity index (χ1v) is 4.71. The average Bonchev–Trinajstić information content (AvgIpc) is 1.99. The van der Waals surface area contributed by atoms with Gasteiger partial charge in [-0.1, -0.05) is 0 Å². The zero-order chi connectivity index (χ0) is 8.85. The van der Waals surface area contributed by atoms with Crippen molar-refractivity contribution in [2.75, 3.05) is 12.5 Å². The molecule has 0 radical (unpaired) electrons.